The number of hydrogen-bond donors (Lipinski definition) is 0. The molecule has 1 aliphatic rings. The molecule has 0 saturated carbocycles. The Balaban J connectivity index is 1.32. The van der Waals surface area contributed by atoms with E-state index in [2.05, 4.69) is 10.1 Å². The van der Waals surface area contributed by atoms with Crippen molar-refractivity contribution in [1.82, 2.24) is 18.9 Å². The molecule has 5 rings (SSSR count). The van der Waals surface area contributed by atoms with Crippen molar-refractivity contribution < 1.29 is 9.63 Å². The molecule has 1 aromatic heterocycles. The fourth-order valence-corrected chi connectivity index (χ4v) is 7.00. The van der Waals surface area contributed by atoms with Gasteiger partial charge in [0.15, 0.2) is 0 Å². The highest BCUT2D eigenvalue weighted by Gasteiger charge is 2.28. The Morgan fingerprint density at radius 3 is 2.29 bits per heavy atom. The predicted molar refractivity (Wildman–Crippen MR) is 184 cm³/mol. The summed E-state index contributed by atoms with van der Waals surface area (Å²) in [5.41, 5.74) is 3.91. The largest absolute Gasteiger partial charge is 0.399 e. The lowest BCUT2D eigenvalue weighted by molar-refractivity contribution is 0.0812. The number of rotatable bonds is 10. The molecule has 0 spiro atoms. The van der Waals surface area contributed by atoms with E-state index in [0.717, 1.165) is 49.1 Å². The molecule has 0 radical (unpaired) electrons. The van der Waals surface area contributed by atoms with Crippen LogP contribution in [0.4, 0.5) is 0 Å². The molecule has 1 fully saturated rings. The van der Waals surface area contributed by atoms with Crippen molar-refractivity contribution >= 4 is 69.1 Å². The van der Waals surface area contributed by atoms with Crippen molar-refractivity contribution in [3.05, 3.63) is 102 Å². The van der Waals surface area contributed by atoms with Crippen LogP contribution in [0.3, 0.4) is 0 Å². The van der Waals surface area contributed by atoms with Gasteiger partial charge in [-0.25, -0.2) is 4.79 Å². The van der Waals surface area contributed by atoms with Crippen molar-refractivity contribution in [3.8, 4) is 0 Å². The Bertz CT molecular complexity index is 1760. The predicted octanol–water partition coefficient (Wildman–Crippen LogP) is 7.54. The summed E-state index contributed by atoms with van der Waals surface area (Å²) in [6, 6.07) is 18.4. The number of hydrogen-bond acceptors (Lipinski definition) is 5. The highest BCUT2D eigenvalue weighted by atomic mass is 35.5. The van der Waals surface area contributed by atoms with Crippen LogP contribution in [-0.2, 0) is 11.9 Å². The number of likely N-dealkylation sites (tertiary alicyclic amines) is 1. The van der Waals surface area contributed by atoms with Crippen LogP contribution in [0.2, 0.25) is 20.1 Å². The van der Waals surface area contributed by atoms with E-state index in [0.29, 0.717) is 37.8 Å². The molecule has 238 valence electrons. The number of fused-ring (bicyclic) bond motifs is 1. The maximum atomic E-state index is 13.3. The number of aryl methyl sites for hydroxylation is 1. The second kappa shape index (κ2) is 14.6. The summed E-state index contributed by atoms with van der Waals surface area (Å²) in [4.78, 5) is 35.7. The molecule has 3 aromatic carbocycles. The lowest BCUT2D eigenvalue weighted by atomic mass is 9.89. The third-order valence-corrected chi connectivity index (χ3v) is 9.64. The van der Waals surface area contributed by atoms with E-state index in [1.165, 1.54) is 7.11 Å². The van der Waals surface area contributed by atoms with Gasteiger partial charge in [0, 0.05) is 54.8 Å². The number of carbonyl (C=O) groups is 1. The highest BCUT2D eigenvalue weighted by Crippen LogP contribution is 2.31. The average molecular weight is 691 g/mol. The van der Waals surface area contributed by atoms with Crippen LogP contribution in [0, 0.1) is 0 Å². The SMILES string of the molecule is CO/N=C(/CN(C)C(=O)c1cc(Cl)cc(Cl)c1)C(CCN1CCC(n2c(=O)n(C)c3ccccc32)CC1)c1ccc(Cl)c(Cl)c1. The summed E-state index contributed by atoms with van der Waals surface area (Å²) in [6.45, 7) is 2.67. The molecule has 0 aliphatic carbocycles. The van der Waals surface area contributed by atoms with E-state index < -0.39 is 0 Å². The normalized spacial score (nSPS) is 15.4. The van der Waals surface area contributed by atoms with Gasteiger partial charge >= 0.3 is 5.69 Å². The first-order valence-electron chi connectivity index (χ1n) is 14.7. The molecular formula is C33H35Cl4N5O3. The number of imidazole rings is 1. The Labute approximate surface area is 282 Å². The number of aromatic nitrogens is 2. The fraction of sp³-hybridized carbons (Fsp3) is 0.364. The molecule has 45 heavy (non-hydrogen) atoms. The number of para-hydroxylation sites is 2. The van der Waals surface area contributed by atoms with Gasteiger partial charge < -0.3 is 14.6 Å². The second-order valence-corrected chi connectivity index (χ2v) is 13.1. The molecule has 1 amide bonds. The number of amides is 1. The van der Waals surface area contributed by atoms with Gasteiger partial charge in [0.25, 0.3) is 5.91 Å². The molecule has 4 aromatic rings. The summed E-state index contributed by atoms with van der Waals surface area (Å²) in [6.07, 6.45) is 2.43. The van der Waals surface area contributed by atoms with Gasteiger partial charge in [0.1, 0.15) is 7.11 Å². The summed E-state index contributed by atoms with van der Waals surface area (Å²) >= 11 is 25.0. The molecule has 1 aliphatic heterocycles. The number of halogens is 4. The van der Waals surface area contributed by atoms with Gasteiger partial charge in [-0.1, -0.05) is 69.8 Å². The van der Waals surface area contributed by atoms with Crippen LogP contribution in [-0.4, -0.2) is 70.9 Å². The lowest BCUT2D eigenvalue weighted by Gasteiger charge is -2.33. The van der Waals surface area contributed by atoms with E-state index in [1.54, 1.807) is 40.8 Å². The first kappa shape index (κ1) is 33.4. The minimum Gasteiger partial charge on any atom is -0.399 e. The number of benzene rings is 3. The van der Waals surface area contributed by atoms with E-state index in [4.69, 9.17) is 51.2 Å². The van der Waals surface area contributed by atoms with Gasteiger partial charge in [-0.2, -0.15) is 0 Å². The molecule has 0 bridgehead atoms. The van der Waals surface area contributed by atoms with Crippen molar-refractivity contribution in [1.29, 1.82) is 0 Å². The maximum Gasteiger partial charge on any atom is 0.329 e. The van der Waals surface area contributed by atoms with Crippen molar-refractivity contribution in [2.75, 3.05) is 40.3 Å². The number of piperidine rings is 1. The summed E-state index contributed by atoms with van der Waals surface area (Å²) in [5.74, 6) is -0.460. The minimum absolute atomic E-state index is 0.0217. The maximum absolute atomic E-state index is 13.3. The first-order valence-corrected chi connectivity index (χ1v) is 16.2. The van der Waals surface area contributed by atoms with Gasteiger partial charge in [-0.15, -0.1) is 0 Å². The van der Waals surface area contributed by atoms with Crippen molar-refractivity contribution in [2.24, 2.45) is 12.2 Å². The minimum atomic E-state index is -0.248. The second-order valence-electron chi connectivity index (χ2n) is 11.4. The molecule has 12 heteroatoms. The lowest BCUT2D eigenvalue weighted by Crippen LogP contribution is -2.39. The molecule has 1 saturated heterocycles. The van der Waals surface area contributed by atoms with Crippen molar-refractivity contribution in [3.63, 3.8) is 0 Å². The quantitative estimate of drug-likeness (QED) is 0.127. The molecule has 1 unspecified atom stereocenters. The van der Waals surface area contributed by atoms with Crippen molar-refractivity contribution in [2.45, 2.75) is 31.2 Å². The smallest absolute Gasteiger partial charge is 0.329 e. The van der Waals surface area contributed by atoms with E-state index in [9.17, 15) is 9.59 Å². The highest BCUT2D eigenvalue weighted by molar-refractivity contribution is 6.42. The summed E-state index contributed by atoms with van der Waals surface area (Å²) < 4.78 is 3.68. The Hall–Kier alpha value is -3.01. The summed E-state index contributed by atoms with van der Waals surface area (Å²) in [7, 11) is 5.02. The molecule has 8 nitrogen and oxygen atoms in total. The summed E-state index contributed by atoms with van der Waals surface area (Å²) in [5, 5.41) is 6.06. The zero-order valence-electron chi connectivity index (χ0n) is 25.4. The standard InChI is InChI=1S/C33H35Cl4N5O3/c1-39(32(43)22-16-23(34)19-24(35)17-22)20-29(38-45-3)26(21-8-9-27(36)28(37)18-21)12-15-41-13-10-25(11-14-41)42-31-7-5-4-6-30(31)40(2)33(42)44/h4-9,16-19,25-26H,10-15,20H2,1-3H3/b38-29-. The van der Waals surface area contributed by atoms with Crippen LogP contribution in [0.15, 0.2) is 70.6 Å². The number of nitrogens with zero attached hydrogens (tertiary/aromatic N) is 5. The topological polar surface area (TPSA) is 72.1 Å². The zero-order chi connectivity index (χ0) is 32.2. The zero-order valence-corrected chi connectivity index (χ0v) is 28.4. The van der Waals surface area contributed by atoms with Gasteiger partial charge in [0.05, 0.1) is 33.3 Å². The monoisotopic (exact) mass is 689 g/mol. The molecule has 2 heterocycles. The third-order valence-electron chi connectivity index (χ3n) is 8.46. The molecule has 0 N–H and O–H groups in total. The molecule has 1 atom stereocenters. The Morgan fingerprint density at radius 1 is 0.978 bits per heavy atom. The average Bonchev–Trinajstić information content (AvgIpc) is 3.27. The van der Waals surface area contributed by atoms with Gasteiger partial charge in [0.2, 0.25) is 0 Å². The van der Waals surface area contributed by atoms with Crippen LogP contribution in [0.25, 0.3) is 11.0 Å². The Kier molecular flexibility index (Phi) is 10.8. The number of oxime groups is 1. The third kappa shape index (κ3) is 7.53. The van der Waals surface area contributed by atoms with Crippen LogP contribution in [0.5, 0.6) is 0 Å². The van der Waals surface area contributed by atoms with Crippen LogP contribution < -0.4 is 5.69 Å². The molecular weight excluding hydrogens is 656 g/mol. The fourth-order valence-electron chi connectivity index (χ4n) is 6.17. The van der Waals surface area contributed by atoms with Gasteiger partial charge in [-0.05, 0) is 73.8 Å². The van der Waals surface area contributed by atoms with Crippen LogP contribution >= 0.6 is 46.4 Å². The Morgan fingerprint density at radius 2 is 1.64 bits per heavy atom. The number of carbonyl (C=O) groups excluding carboxylic acids is 1. The van der Waals surface area contributed by atoms with E-state index >= 15 is 0 Å². The van der Waals surface area contributed by atoms with E-state index in [-0.39, 0.29) is 30.1 Å². The van der Waals surface area contributed by atoms with Gasteiger partial charge in [-0.3, -0.25) is 13.9 Å². The van der Waals surface area contributed by atoms with E-state index in [1.807, 2.05) is 48.0 Å². The first-order chi connectivity index (χ1) is 21.6. The van der Waals surface area contributed by atoms with Crippen LogP contribution in [0.1, 0.15) is 47.1 Å².